The number of aromatic nitrogens is 3. The second kappa shape index (κ2) is 4.62. The lowest BCUT2D eigenvalue weighted by Gasteiger charge is -2.07. The fourth-order valence-corrected chi connectivity index (χ4v) is 2.66. The molecule has 6 heteroatoms. The molecular formula is C16H13FN4O. The molecule has 1 fully saturated rings. The normalized spacial score (nSPS) is 14.4. The first-order chi connectivity index (χ1) is 10.6. The number of rotatable bonds is 3. The van der Waals surface area contributed by atoms with Gasteiger partial charge in [-0.15, -0.1) is 0 Å². The SMILES string of the molecule is Nc1cc(C2CC2)cnc1C(=O)c1ccc(F)c2[nH]ncc12. The number of fused-ring (bicyclic) bond motifs is 1. The van der Waals surface area contributed by atoms with Crippen LogP contribution in [0, 0.1) is 5.82 Å². The summed E-state index contributed by atoms with van der Waals surface area (Å²) in [6, 6.07) is 4.49. The Morgan fingerprint density at radius 1 is 1.32 bits per heavy atom. The number of hydrogen-bond acceptors (Lipinski definition) is 4. The van der Waals surface area contributed by atoms with Crippen molar-refractivity contribution in [3.8, 4) is 0 Å². The summed E-state index contributed by atoms with van der Waals surface area (Å²) in [5.41, 5.74) is 8.16. The molecule has 1 aliphatic carbocycles. The van der Waals surface area contributed by atoms with E-state index in [-0.39, 0.29) is 17.0 Å². The molecule has 0 bridgehead atoms. The number of carbonyl (C=O) groups excluding carboxylic acids is 1. The molecule has 0 aliphatic heterocycles. The van der Waals surface area contributed by atoms with Crippen LogP contribution in [0.5, 0.6) is 0 Å². The predicted octanol–water partition coefficient (Wildman–Crippen LogP) is 2.79. The maximum Gasteiger partial charge on any atom is 0.214 e. The highest BCUT2D eigenvalue weighted by Gasteiger charge is 2.26. The van der Waals surface area contributed by atoms with Gasteiger partial charge < -0.3 is 5.73 Å². The van der Waals surface area contributed by atoms with Gasteiger partial charge in [0.15, 0.2) is 0 Å². The molecule has 22 heavy (non-hydrogen) atoms. The topological polar surface area (TPSA) is 84.7 Å². The summed E-state index contributed by atoms with van der Waals surface area (Å²) in [5, 5.41) is 6.78. The van der Waals surface area contributed by atoms with Crippen molar-refractivity contribution in [2.24, 2.45) is 0 Å². The number of H-pyrrole nitrogens is 1. The molecule has 0 spiro atoms. The van der Waals surface area contributed by atoms with Gasteiger partial charge in [-0.25, -0.2) is 4.39 Å². The number of anilines is 1. The van der Waals surface area contributed by atoms with E-state index in [4.69, 9.17) is 5.73 Å². The number of nitrogens with one attached hydrogen (secondary N) is 1. The molecule has 0 saturated heterocycles. The smallest absolute Gasteiger partial charge is 0.214 e. The van der Waals surface area contributed by atoms with Crippen LogP contribution in [0.2, 0.25) is 0 Å². The van der Waals surface area contributed by atoms with E-state index in [2.05, 4.69) is 15.2 Å². The Morgan fingerprint density at radius 2 is 2.14 bits per heavy atom. The highest BCUT2D eigenvalue weighted by atomic mass is 19.1. The third-order valence-electron chi connectivity index (χ3n) is 4.01. The van der Waals surface area contributed by atoms with Crippen molar-refractivity contribution in [2.45, 2.75) is 18.8 Å². The van der Waals surface area contributed by atoms with Gasteiger partial charge in [-0.05, 0) is 42.5 Å². The van der Waals surface area contributed by atoms with Crippen molar-refractivity contribution in [3.63, 3.8) is 0 Å². The fraction of sp³-hybridized carbons (Fsp3) is 0.188. The second-order valence-electron chi connectivity index (χ2n) is 5.56. The summed E-state index contributed by atoms with van der Waals surface area (Å²) in [4.78, 5) is 16.9. The Morgan fingerprint density at radius 3 is 2.86 bits per heavy atom. The first-order valence-electron chi connectivity index (χ1n) is 7.07. The van der Waals surface area contributed by atoms with E-state index >= 15 is 0 Å². The van der Waals surface area contributed by atoms with E-state index in [0.29, 0.717) is 22.6 Å². The largest absolute Gasteiger partial charge is 0.397 e. The Kier molecular flexibility index (Phi) is 2.72. The van der Waals surface area contributed by atoms with Crippen LogP contribution in [0.25, 0.3) is 10.9 Å². The van der Waals surface area contributed by atoms with Crippen molar-refractivity contribution in [2.75, 3.05) is 5.73 Å². The molecule has 1 aliphatic rings. The second-order valence-corrected chi connectivity index (χ2v) is 5.56. The van der Waals surface area contributed by atoms with E-state index in [1.165, 1.54) is 18.3 Å². The number of nitrogens with two attached hydrogens (primary N) is 1. The molecular weight excluding hydrogens is 283 g/mol. The Bertz CT molecular complexity index is 898. The van der Waals surface area contributed by atoms with Gasteiger partial charge in [0.2, 0.25) is 5.78 Å². The van der Waals surface area contributed by atoms with Gasteiger partial charge in [0.05, 0.1) is 11.9 Å². The summed E-state index contributed by atoms with van der Waals surface area (Å²) in [6.07, 6.45) is 5.42. The summed E-state index contributed by atoms with van der Waals surface area (Å²) >= 11 is 0. The van der Waals surface area contributed by atoms with Crippen LogP contribution in [0.4, 0.5) is 10.1 Å². The quantitative estimate of drug-likeness (QED) is 0.728. The van der Waals surface area contributed by atoms with E-state index in [1.54, 1.807) is 6.20 Å². The molecule has 2 aromatic heterocycles. The molecule has 1 aromatic carbocycles. The number of hydrogen-bond donors (Lipinski definition) is 2. The van der Waals surface area contributed by atoms with E-state index in [1.807, 2.05) is 6.07 Å². The van der Waals surface area contributed by atoms with Gasteiger partial charge in [-0.2, -0.15) is 5.10 Å². The van der Waals surface area contributed by atoms with E-state index < -0.39 is 5.82 Å². The average Bonchev–Trinajstić information content (AvgIpc) is 3.24. The van der Waals surface area contributed by atoms with Crippen LogP contribution >= 0.6 is 0 Å². The summed E-state index contributed by atoms with van der Waals surface area (Å²) in [6.45, 7) is 0. The Labute approximate surface area is 125 Å². The minimum Gasteiger partial charge on any atom is -0.397 e. The number of nitrogens with zero attached hydrogens (tertiary/aromatic N) is 2. The van der Waals surface area contributed by atoms with Crippen molar-refractivity contribution in [1.29, 1.82) is 0 Å². The molecule has 0 unspecified atom stereocenters. The van der Waals surface area contributed by atoms with Crippen molar-refractivity contribution >= 4 is 22.4 Å². The number of pyridine rings is 1. The van der Waals surface area contributed by atoms with Crippen molar-refractivity contribution in [3.05, 3.63) is 53.2 Å². The zero-order valence-corrected chi connectivity index (χ0v) is 11.6. The lowest BCUT2D eigenvalue weighted by Crippen LogP contribution is -2.09. The minimum absolute atomic E-state index is 0.193. The van der Waals surface area contributed by atoms with Gasteiger partial charge in [0, 0.05) is 17.1 Å². The third kappa shape index (κ3) is 1.95. The first-order valence-corrected chi connectivity index (χ1v) is 7.07. The maximum atomic E-state index is 13.7. The van der Waals surface area contributed by atoms with Gasteiger partial charge >= 0.3 is 0 Å². The third-order valence-corrected chi connectivity index (χ3v) is 4.01. The van der Waals surface area contributed by atoms with E-state index in [0.717, 1.165) is 18.4 Å². The highest BCUT2D eigenvalue weighted by Crippen LogP contribution is 2.40. The molecule has 1 saturated carbocycles. The Hall–Kier alpha value is -2.76. The van der Waals surface area contributed by atoms with Gasteiger partial charge in [-0.1, -0.05) is 0 Å². The highest BCUT2D eigenvalue weighted by molar-refractivity contribution is 6.17. The molecule has 3 aromatic rings. The van der Waals surface area contributed by atoms with Crippen molar-refractivity contribution in [1.82, 2.24) is 15.2 Å². The molecule has 0 amide bonds. The van der Waals surface area contributed by atoms with Crippen LogP contribution in [0.15, 0.2) is 30.6 Å². The zero-order valence-electron chi connectivity index (χ0n) is 11.6. The first kappa shape index (κ1) is 12.9. The number of benzene rings is 1. The average molecular weight is 296 g/mol. The molecule has 4 rings (SSSR count). The summed E-state index contributed by atoms with van der Waals surface area (Å²) in [7, 11) is 0. The molecule has 2 heterocycles. The lowest BCUT2D eigenvalue weighted by molar-refractivity contribution is 0.103. The van der Waals surface area contributed by atoms with Gasteiger partial charge in [0.25, 0.3) is 0 Å². The number of aromatic amines is 1. The molecule has 5 nitrogen and oxygen atoms in total. The predicted molar refractivity (Wildman–Crippen MR) is 80.1 cm³/mol. The number of halogens is 1. The number of carbonyl (C=O) groups is 1. The minimum atomic E-state index is -0.450. The maximum absolute atomic E-state index is 13.7. The number of nitrogen functional groups attached to an aromatic ring is 1. The van der Waals surface area contributed by atoms with Crippen LogP contribution in [-0.2, 0) is 0 Å². The van der Waals surface area contributed by atoms with Gasteiger partial charge in [-0.3, -0.25) is 14.9 Å². The lowest BCUT2D eigenvalue weighted by atomic mass is 10.0. The van der Waals surface area contributed by atoms with Crippen LogP contribution in [-0.4, -0.2) is 21.0 Å². The zero-order chi connectivity index (χ0) is 15.3. The summed E-state index contributed by atoms with van der Waals surface area (Å²) in [5.74, 6) is -0.259. The summed E-state index contributed by atoms with van der Waals surface area (Å²) < 4.78 is 13.7. The molecule has 0 radical (unpaired) electrons. The molecule has 0 atom stereocenters. The van der Waals surface area contributed by atoms with Crippen molar-refractivity contribution < 1.29 is 9.18 Å². The van der Waals surface area contributed by atoms with E-state index in [9.17, 15) is 9.18 Å². The Balaban J connectivity index is 1.80. The standard InChI is InChI=1S/C16H13FN4O/c17-12-4-3-10(11-7-20-21-14(11)12)16(22)15-13(18)5-9(6-19-15)8-1-2-8/h3-8H,1-2,18H2,(H,20,21). The number of ketones is 1. The fourth-order valence-electron chi connectivity index (χ4n) is 2.66. The van der Waals surface area contributed by atoms with Crippen LogP contribution in [0.3, 0.4) is 0 Å². The van der Waals surface area contributed by atoms with Crippen LogP contribution in [0.1, 0.15) is 40.4 Å². The van der Waals surface area contributed by atoms with Gasteiger partial charge in [0.1, 0.15) is 17.0 Å². The molecule has 3 N–H and O–H groups in total. The van der Waals surface area contributed by atoms with Crippen LogP contribution < -0.4 is 5.73 Å². The molecule has 110 valence electrons. The monoisotopic (exact) mass is 296 g/mol.